The van der Waals surface area contributed by atoms with Crippen LogP contribution < -0.4 is 4.74 Å². The minimum Gasteiger partial charge on any atom is -0.497 e. The van der Waals surface area contributed by atoms with E-state index in [2.05, 4.69) is 0 Å². The maximum Gasteiger partial charge on any atom is 0.330 e. The summed E-state index contributed by atoms with van der Waals surface area (Å²) in [6.07, 6.45) is 4.96. The Balaban J connectivity index is 1.36. The molecular formula is C27H25NO6. The Morgan fingerprint density at radius 3 is 2.29 bits per heavy atom. The predicted octanol–water partition coefficient (Wildman–Crippen LogP) is 2.84. The molecule has 0 aromatic heterocycles. The molecule has 2 bridgehead atoms. The number of fused-ring (bicyclic) bond motifs is 5. The van der Waals surface area contributed by atoms with Gasteiger partial charge in [-0.25, -0.2) is 4.79 Å². The maximum absolute atomic E-state index is 13.3. The number of nitrogens with zero attached hydrogens (tertiary/aromatic N) is 1. The van der Waals surface area contributed by atoms with Crippen LogP contribution in [0.4, 0.5) is 0 Å². The largest absolute Gasteiger partial charge is 0.497 e. The number of methoxy groups -OCH3 is 1. The van der Waals surface area contributed by atoms with E-state index in [0.717, 1.165) is 16.9 Å². The number of ether oxygens (including phenoxy) is 2. The van der Waals surface area contributed by atoms with E-state index in [9.17, 15) is 19.2 Å². The third kappa shape index (κ3) is 3.81. The quantitative estimate of drug-likeness (QED) is 0.261. The summed E-state index contributed by atoms with van der Waals surface area (Å²) in [6.45, 7) is -0.493. The Labute approximate surface area is 197 Å². The Bertz CT molecular complexity index is 1140. The lowest BCUT2D eigenvalue weighted by atomic mass is 9.85. The summed E-state index contributed by atoms with van der Waals surface area (Å²) in [7, 11) is 1.50. The smallest absolute Gasteiger partial charge is 0.330 e. The zero-order chi connectivity index (χ0) is 23.8. The summed E-state index contributed by atoms with van der Waals surface area (Å²) >= 11 is 0. The monoisotopic (exact) mass is 459 g/mol. The number of rotatable bonds is 8. The van der Waals surface area contributed by atoms with E-state index in [1.165, 1.54) is 7.11 Å². The minimum absolute atomic E-state index is 0.0412. The Morgan fingerprint density at radius 2 is 1.65 bits per heavy atom. The molecule has 0 radical (unpaired) electrons. The molecule has 3 aliphatic rings. The number of carbonyl (C=O) groups is 4. The van der Waals surface area contributed by atoms with Crippen LogP contribution >= 0.6 is 0 Å². The Morgan fingerprint density at radius 1 is 0.971 bits per heavy atom. The number of carbonyl (C=O) groups excluding carboxylic acids is 4. The number of Topliss-reactive ketones (excluding diaryl/α,β-unsaturated/α-hetero) is 1. The first-order chi connectivity index (χ1) is 16.5. The number of hydrogen-bond acceptors (Lipinski definition) is 6. The zero-order valence-electron chi connectivity index (χ0n) is 18.8. The summed E-state index contributed by atoms with van der Waals surface area (Å²) in [5.41, 5.74) is 1.14. The summed E-state index contributed by atoms with van der Waals surface area (Å²) in [5, 5.41) is 0. The first-order valence-corrected chi connectivity index (χ1v) is 11.4. The van der Waals surface area contributed by atoms with Crippen LogP contribution in [-0.2, 0) is 25.5 Å². The lowest BCUT2D eigenvalue weighted by molar-refractivity contribution is -0.158. The normalized spacial score (nSPS) is 25.4. The molecule has 0 N–H and O–H groups in total. The maximum atomic E-state index is 13.3. The molecule has 7 nitrogen and oxygen atoms in total. The van der Waals surface area contributed by atoms with E-state index < -0.39 is 36.2 Å². The summed E-state index contributed by atoms with van der Waals surface area (Å²) in [5.74, 6) is -2.01. The van der Waals surface area contributed by atoms with Crippen molar-refractivity contribution in [1.82, 2.24) is 4.90 Å². The number of esters is 1. The predicted molar refractivity (Wildman–Crippen MR) is 122 cm³/mol. The first-order valence-electron chi connectivity index (χ1n) is 11.4. The van der Waals surface area contributed by atoms with E-state index in [-0.39, 0.29) is 30.1 Å². The number of likely N-dealkylation sites (tertiary alicyclic amines) is 1. The van der Waals surface area contributed by atoms with Gasteiger partial charge in [-0.1, -0.05) is 54.6 Å². The molecule has 5 rings (SSSR count). The van der Waals surface area contributed by atoms with Crippen molar-refractivity contribution in [2.45, 2.75) is 18.9 Å². The van der Waals surface area contributed by atoms with Crippen molar-refractivity contribution in [3.8, 4) is 5.75 Å². The second kappa shape index (κ2) is 8.89. The van der Waals surface area contributed by atoms with E-state index >= 15 is 0 Å². The molecule has 1 aliphatic heterocycles. The molecular weight excluding hydrogens is 434 g/mol. The van der Waals surface area contributed by atoms with Crippen molar-refractivity contribution < 1.29 is 28.7 Å². The standard InChI is InChI=1S/C27H25NO6/c1-33-20-9-5-8-17(14-20)22(29)15-34-27(32)21(12-16-6-3-2-4-7-16)28-25(30)23-18-10-11-19(13-18)24(23)26(28)31/h2-11,14,18-19,21,23-24H,12-13,15H2,1H3/t18-,19+,21-,23+,24-/m0/s1. The van der Waals surface area contributed by atoms with Gasteiger partial charge in [-0.2, -0.15) is 0 Å². The average Bonchev–Trinajstić information content (AvgIpc) is 3.55. The van der Waals surface area contributed by atoms with Crippen LogP contribution in [0.3, 0.4) is 0 Å². The zero-order valence-corrected chi connectivity index (χ0v) is 18.8. The number of benzene rings is 2. The lowest BCUT2D eigenvalue weighted by Crippen LogP contribution is -2.48. The fourth-order valence-electron chi connectivity index (χ4n) is 5.46. The molecule has 2 aliphatic carbocycles. The SMILES string of the molecule is COc1cccc(C(=O)COC(=O)[C@H](Cc2ccccc2)N2C(=O)[C@@H]3[C@H](C2=O)[C@H]2C=C[C@@H]3C2)c1. The summed E-state index contributed by atoms with van der Waals surface area (Å²) in [6, 6.07) is 14.6. The van der Waals surface area contributed by atoms with Gasteiger partial charge in [-0.15, -0.1) is 0 Å². The van der Waals surface area contributed by atoms with Gasteiger partial charge in [0.25, 0.3) is 0 Å². The molecule has 2 aromatic rings. The molecule has 7 heteroatoms. The average molecular weight is 459 g/mol. The molecule has 1 saturated heterocycles. The van der Waals surface area contributed by atoms with Crippen molar-refractivity contribution in [2.24, 2.45) is 23.7 Å². The second-order valence-electron chi connectivity index (χ2n) is 9.01. The molecule has 0 unspecified atom stereocenters. The van der Waals surface area contributed by atoms with Crippen molar-refractivity contribution in [3.05, 3.63) is 77.9 Å². The van der Waals surface area contributed by atoms with Crippen molar-refractivity contribution in [3.63, 3.8) is 0 Å². The summed E-state index contributed by atoms with van der Waals surface area (Å²) < 4.78 is 10.5. The van der Waals surface area contributed by atoms with Gasteiger partial charge < -0.3 is 9.47 Å². The lowest BCUT2D eigenvalue weighted by Gasteiger charge is -2.26. The molecule has 0 spiro atoms. The van der Waals surface area contributed by atoms with E-state index in [0.29, 0.717) is 11.3 Å². The second-order valence-corrected chi connectivity index (χ2v) is 9.01. The van der Waals surface area contributed by atoms with Gasteiger partial charge in [0.2, 0.25) is 11.8 Å². The van der Waals surface area contributed by atoms with Gasteiger partial charge in [0.15, 0.2) is 12.4 Å². The van der Waals surface area contributed by atoms with Crippen molar-refractivity contribution >= 4 is 23.6 Å². The molecule has 1 saturated carbocycles. The molecule has 2 aromatic carbocycles. The number of hydrogen-bond donors (Lipinski definition) is 0. The highest BCUT2D eigenvalue weighted by molar-refractivity contribution is 6.09. The third-order valence-electron chi connectivity index (χ3n) is 7.10. The number of allylic oxidation sites excluding steroid dienone is 2. The van der Waals surface area contributed by atoms with Crippen molar-refractivity contribution in [2.75, 3.05) is 13.7 Å². The van der Waals surface area contributed by atoms with Crippen LogP contribution in [-0.4, -0.2) is 48.2 Å². The van der Waals surface area contributed by atoms with Gasteiger partial charge >= 0.3 is 5.97 Å². The summed E-state index contributed by atoms with van der Waals surface area (Å²) in [4.78, 5) is 53.6. The van der Waals surface area contributed by atoms with Crippen molar-refractivity contribution in [1.29, 1.82) is 0 Å². The highest BCUT2D eigenvalue weighted by Gasteiger charge is 2.61. The number of ketones is 1. The van der Waals surface area contributed by atoms with Gasteiger partial charge in [0.1, 0.15) is 11.8 Å². The van der Waals surface area contributed by atoms with Crippen LogP contribution in [0.15, 0.2) is 66.7 Å². The van der Waals surface area contributed by atoms with Crippen LogP contribution in [0.5, 0.6) is 5.75 Å². The van der Waals surface area contributed by atoms with Crippen LogP contribution in [0.1, 0.15) is 22.3 Å². The fourth-order valence-corrected chi connectivity index (χ4v) is 5.46. The van der Waals surface area contributed by atoms with Gasteiger partial charge in [0, 0.05) is 12.0 Å². The molecule has 174 valence electrons. The Hall–Kier alpha value is -3.74. The minimum atomic E-state index is -1.12. The molecule has 5 atom stereocenters. The highest BCUT2D eigenvalue weighted by Crippen LogP contribution is 2.53. The van der Waals surface area contributed by atoms with Gasteiger partial charge in [-0.05, 0) is 36.0 Å². The highest BCUT2D eigenvalue weighted by atomic mass is 16.5. The van der Waals surface area contributed by atoms with Gasteiger partial charge in [0.05, 0.1) is 18.9 Å². The molecule has 34 heavy (non-hydrogen) atoms. The molecule has 2 amide bonds. The van der Waals surface area contributed by atoms with E-state index in [1.54, 1.807) is 24.3 Å². The van der Waals surface area contributed by atoms with E-state index in [4.69, 9.17) is 9.47 Å². The van der Waals surface area contributed by atoms with E-state index in [1.807, 2.05) is 42.5 Å². The first kappa shape index (κ1) is 22.1. The molecule has 2 fully saturated rings. The topological polar surface area (TPSA) is 90.0 Å². The van der Waals surface area contributed by atoms with Crippen LogP contribution in [0.2, 0.25) is 0 Å². The van der Waals surface area contributed by atoms with Crippen LogP contribution in [0, 0.1) is 23.7 Å². The fraction of sp³-hybridized carbons (Fsp3) is 0.333. The van der Waals surface area contributed by atoms with Gasteiger partial charge in [-0.3, -0.25) is 19.3 Å². The third-order valence-corrected chi connectivity index (χ3v) is 7.10. The van der Waals surface area contributed by atoms with Crippen LogP contribution in [0.25, 0.3) is 0 Å². The Kier molecular flexibility index (Phi) is 5.77. The number of imide groups is 1. The molecule has 1 heterocycles. The number of amides is 2.